The number of nitrogens with one attached hydrogen (secondary N) is 3. The first-order chi connectivity index (χ1) is 13.2. The summed E-state index contributed by atoms with van der Waals surface area (Å²) in [6.45, 7) is 2.08. The van der Waals surface area contributed by atoms with Crippen molar-refractivity contribution in [3.63, 3.8) is 0 Å². The number of carbonyl (C=O) groups excluding carboxylic acids is 2. The highest BCUT2D eigenvalue weighted by molar-refractivity contribution is 7.90. The number of urea groups is 1. The van der Waals surface area contributed by atoms with Crippen LogP contribution in [0.5, 0.6) is 0 Å². The van der Waals surface area contributed by atoms with E-state index in [-0.39, 0.29) is 29.2 Å². The molecule has 0 unspecified atom stereocenters. The summed E-state index contributed by atoms with van der Waals surface area (Å²) in [5, 5.41) is 4.96. The van der Waals surface area contributed by atoms with E-state index in [0.29, 0.717) is 6.42 Å². The molecule has 2 aromatic carbocycles. The Bertz CT molecular complexity index is 979. The van der Waals surface area contributed by atoms with Gasteiger partial charge in [-0.25, -0.2) is 22.3 Å². The number of carbonyl (C=O) groups is 2. The zero-order valence-electron chi connectivity index (χ0n) is 15.2. The Hall–Kier alpha value is -3.14. The lowest BCUT2D eigenvalue weighted by molar-refractivity contribution is 0.0953. The number of amides is 3. The number of halogens is 1. The quantitative estimate of drug-likeness (QED) is 0.408. The number of sulfonamides is 1. The zero-order valence-corrected chi connectivity index (χ0v) is 16.0. The molecule has 0 saturated carbocycles. The Kier molecular flexibility index (Phi) is 6.94. The number of rotatable bonds is 7. The summed E-state index contributed by atoms with van der Waals surface area (Å²) >= 11 is 0. The zero-order chi connectivity index (χ0) is 20.7. The van der Waals surface area contributed by atoms with Crippen LogP contribution in [0.3, 0.4) is 0 Å². The van der Waals surface area contributed by atoms with E-state index < -0.39 is 27.8 Å². The first-order valence-corrected chi connectivity index (χ1v) is 9.88. The first kappa shape index (κ1) is 21.2. The maximum absolute atomic E-state index is 13.3. The van der Waals surface area contributed by atoms with Crippen molar-refractivity contribution in [2.24, 2.45) is 0 Å². The van der Waals surface area contributed by atoms with Crippen LogP contribution in [0, 0.1) is 12.7 Å². The molecule has 0 aliphatic rings. The highest BCUT2D eigenvalue weighted by Crippen LogP contribution is 2.12. The molecule has 150 valence electrons. The van der Waals surface area contributed by atoms with Crippen LogP contribution >= 0.6 is 0 Å². The number of benzene rings is 2. The van der Waals surface area contributed by atoms with Gasteiger partial charge in [0.25, 0.3) is 15.9 Å². The Balaban J connectivity index is 1.73. The molecule has 2 rings (SSSR count). The fourth-order valence-electron chi connectivity index (χ4n) is 2.26. The van der Waals surface area contributed by atoms with Gasteiger partial charge in [-0.15, -0.1) is 0 Å². The largest absolute Gasteiger partial charge is 0.396 e. The predicted molar refractivity (Wildman–Crippen MR) is 103 cm³/mol. The SMILES string of the molecule is Cc1cccc(S(=O)(=O)NC(=O)NCCCNC(=O)c2ccc(N)c(F)c2)c1. The van der Waals surface area contributed by atoms with Gasteiger partial charge >= 0.3 is 6.03 Å². The number of hydrogen-bond acceptors (Lipinski definition) is 5. The molecule has 0 saturated heterocycles. The van der Waals surface area contributed by atoms with Gasteiger partial charge in [-0.2, -0.15) is 0 Å². The summed E-state index contributed by atoms with van der Waals surface area (Å²) in [5.74, 6) is -1.16. The molecule has 0 bridgehead atoms. The van der Waals surface area contributed by atoms with Gasteiger partial charge < -0.3 is 16.4 Å². The second-order valence-electron chi connectivity index (χ2n) is 6.02. The van der Waals surface area contributed by atoms with Gasteiger partial charge in [0.05, 0.1) is 10.6 Å². The van der Waals surface area contributed by atoms with Gasteiger partial charge in [0.15, 0.2) is 0 Å². The summed E-state index contributed by atoms with van der Waals surface area (Å²) in [4.78, 5) is 23.6. The lowest BCUT2D eigenvalue weighted by Crippen LogP contribution is -2.40. The number of nitrogens with two attached hydrogens (primary N) is 1. The molecule has 8 nitrogen and oxygen atoms in total. The van der Waals surface area contributed by atoms with Crippen molar-refractivity contribution in [1.82, 2.24) is 15.4 Å². The lowest BCUT2D eigenvalue weighted by Gasteiger charge is -2.10. The monoisotopic (exact) mass is 408 g/mol. The second kappa shape index (κ2) is 9.18. The minimum atomic E-state index is -3.96. The Morgan fingerprint density at radius 3 is 2.46 bits per heavy atom. The van der Waals surface area contributed by atoms with Crippen LogP contribution in [0.4, 0.5) is 14.9 Å². The van der Waals surface area contributed by atoms with Gasteiger partial charge in [0.2, 0.25) is 0 Å². The second-order valence-corrected chi connectivity index (χ2v) is 7.71. The van der Waals surface area contributed by atoms with Crippen molar-refractivity contribution in [1.29, 1.82) is 0 Å². The van der Waals surface area contributed by atoms with E-state index in [2.05, 4.69) is 10.6 Å². The number of anilines is 1. The van der Waals surface area contributed by atoms with Crippen LogP contribution in [-0.4, -0.2) is 33.4 Å². The van der Waals surface area contributed by atoms with E-state index in [1.807, 2.05) is 4.72 Å². The summed E-state index contributed by atoms with van der Waals surface area (Å²) in [5.41, 5.74) is 6.18. The van der Waals surface area contributed by atoms with Crippen LogP contribution in [0.1, 0.15) is 22.3 Å². The Morgan fingerprint density at radius 1 is 1.07 bits per heavy atom. The van der Waals surface area contributed by atoms with Crippen LogP contribution in [0.15, 0.2) is 47.4 Å². The molecule has 0 aliphatic heterocycles. The van der Waals surface area contributed by atoms with E-state index in [1.165, 1.54) is 24.3 Å². The van der Waals surface area contributed by atoms with Gasteiger partial charge in [-0.3, -0.25) is 4.79 Å². The predicted octanol–water partition coefficient (Wildman–Crippen LogP) is 1.52. The molecule has 28 heavy (non-hydrogen) atoms. The summed E-state index contributed by atoms with van der Waals surface area (Å²) in [6, 6.07) is 9.02. The molecule has 0 spiro atoms. The molecule has 2 aromatic rings. The minimum absolute atomic E-state index is 0.00866. The van der Waals surface area contributed by atoms with Crippen LogP contribution in [-0.2, 0) is 10.0 Å². The maximum atomic E-state index is 13.3. The summed E-state index contributed by atoms with van der Waals surface area (Å²) in [7, 11) is -3.96. The van der Waals surface area contributed by atoms with Gasteiger partial charge in [0.1, 0.15) is 5.82 Å². The molecule has 0 aliphatic carbocycles. The van der Waals surface area contributed by atoms with E-state index in [0.717, 1.165) is 11.6 Å². The fourth-order valence-corrected chi connectivity index (χ4v) is 3.30. The van der Waals surface area contributed by atoms with Crippen molar-refractivity contribution in [3.8, 4) is 0 Å². The van der Waals surface area contributed by atoms with Gasteiger partial charge in [0, 0.05) is 18.7 Å². The third-order valence-corrected chi connectivity index (χ3v) is 5.04. The van der Waals surface area contributed by atoms with E-state index in [4.69, 9.17) is 5.73 Å². The molecule has 0 radical (unpaired) electrons. The third kappa shape index (κ3) is 5.95. The molecular weight excluding hydrogens is 387 g/mol. The van der Waals surface area contributed by atoms with Crippen molar-refractivity contribution >= 4 is 27.6 Å². The smallest absolute Gasteiger partial charge is 0.328 e. The molecule has 0 atom stereocenters. The van der Waals surface area contributed by atoms with Crippen LogP contribution < -0.4 is 21.1 Å². The summed E-state index contributed by atoms with van der Waals surface area (Å²) in [6.07, 6.45) is 0.348. The van der Waals surface area contributed by atoms with Crippen molar-refractivity contribution in [2.45, 2.75) is 18.2 Å². The molecule has 10 heteroatoms. The number of hydrogen-bond donors (Lipinski definition) is 4. The minimum Gasteiger partial charge on any atom is -0.396 e. The topological polar surface area (TPSA) is 130 Å². The van der Waals surface area contributed by atoms with E-state index >= 15 is 0 Å². The Morgan fingerprint density at radius 2 is 1.79 bits per heavy atom. The first-order valence-electron chi connectivity index (χ1n) is 8.39. The molecule has 0 heterocycles. The molecule has 5 N–H and O–H groups in total. The highest BCUT2D eigenvalue weighted by Gasteiger charge is 2.17. The Labute approximate surface area is 162 Å². The van der Waals surface area contributed by atoms with Crippen molar-refractivity contribution < 1.29 is 22.4 Å². The van der Waals surface area contributed by atoms with Crippen molar-refractivity contribution in [2.75, 3.05) is 18.8 Å². The normalized spacial score (nSPS) is 10.9. The lowest BCUT2D eigenvalue weighted by atomic mass is 10.2. The van der Waals surface area contributed by atoms with E-state index in [1.54, 1.807) is 19.1 Å². The standard InChI is InChI=1S/C18H21FN4O4S/c1-12-4-2-5-14(10-12)28(26,27)23-18(25)22-9-3-8-21-17(24)13-6-7-16(20)15(19)11-13/h2,4-7,10-11H,3,8-9,20H2,1H3,(H,21,24)(H2,22,23,25). The molecule has 0 fully saturated rings. The maximum Gasteiger partial charge on any atom is 0.328 e. The van der Waals surface area contributed by atoms with Crippen LogP contribution in [0.2, 0.25) is 0 Å². The average molecular weight is 408 g/mol. The average Bonchev–Trinajstić information content (AvgIpc) is 2.63. The molecular formula is C18H21FN4O4S. The number of nitrogen functional groups attached to an aromatic ring is 1. The fraction of sp³-hybridized carbons (Fsp3) is 0.222. The highest BCUT2D eigenvalue weighted by atomic mass is 32.2. The summed E-state index contributed by atoms with van der Waals surface area (Å²) < 4.78 is 39.5. The van der Waals surface area contributed by atoms with Gasteiger partial charge in [-0.05, 0) is 49.2 Å². The van der Waals surface area contributed by atoms with Crippen molar-refractivity contribution in [3.05, 3.63) is 59.4 Å². The van der Waals surface area contributed by atoms with E-state index in [9.17, 15) is 22.4 Å². The van der Waals surface area contributed by atoms with Gasteiger partial charge in [-0.1, -0.05) is 12.1 Å². The third-order valence-electron chi connectivity index (χ3n) is 3.71. The molecule has 0 aromatic heterocycles. The van der Waals surface area contributed by atoms with Crippen LogP contribution in [0.25, 0.3) is 0 Å². The number of aryl methyl sites for hydroxylation is 1. The molecule has 3 amide bonds.